The van der Waals surface area contributed by atoms with Crippen LogP contribution in [0.15, 0.2) is 60.9 Å². The van der Waals surface area contributed by atoms with Crippen molar-refractivity contribution in [1.29, 1.82) is 0 Å². The van der Waals surface area contributed by atoms with Crippen LogP contribution in [-0.2, 0) is 6.54 Å². The standard InChI is InChI=1S/C18H12N4O4/c23-17-15-7-6-14(22(25)26)10-16(15)18(24)20(17)11-12-2-4-13(5-3-12)21-9-1-8-19-21/h1-10H,11H2. The van der Waals surface area contributed by atoms with Crippen LogP contribution in [0.2, 0.25) is 0 Å². The molecule has 1 aliphatic rings. The number of carbonyl (C=O) groups excluding carboxylic acids is 2. The molecule has 8 nitrogen and oxygen atoms in total. The Morgan fingerprint density at radius 1 is 1.00 bits per heavy atom. The first-order valence-corrected chi connectivity index (χ1v) is 7.78. The smallest absolute Gasteiger partial charge is 0.270 e. The second kappa shape index (κ2) is 5.92. The van der Waals surface area contributed by atoms with Gasteiger partial charge >= 0.3 is 0 Å². The fraction of sp³-hybridized carbons (Fsp3) is 0.0556. The van der Waals surface area contributed by atoms with Crippen LogP contribution in [0.3, 0.4) is 0 Å². The van der Waals surface area contributed by atoms with Crippen LogP contribution in [0, 0.1) is 10.1 Å². The van der Waals surface area contributed by atoms with Crippen molar-refractivity contribution in [2.45, 2.75) is 6.54 Å². The number of fused-ring (bicyclic) bond motifs is 1. The maximum absolute atomic E-state index is 12.5. The molecule has 0 saturated heterocycles. The third kappa shape index (κ3) is 2.53. The molecular weight excluding hydrogens is 336 g/mol. The normalized spacial score (nSPS) is 13.2. The van der Waals surface area contributed by atoms with E-state index in [4.69, 9.17) is 0 Å². The fourth-order valence-electron chi connectivity index (χ4n) is 2.89. The molecule has 128 valence electrons. The van der Waals surface area contributed by atoms with Crippen molar-refractivity contribution in [2.24, 2.45) is 0 Å². The molecule has 0 aliphatic carbocycles. The van der Waals surface area contributed by atoms with E-state index in [0.29, 0.717) is 0 Å². The predicted molar refractivity (Wildman–Crippen MR) is 90.9 cm³/mol. The summed E-state index contributed by atoms with van der Waals surface area (Å²) in [5, 5.41) is 15.0. The lowest BCUT2D eigenvalue weighted by molar-refractivity contribution is -0.384. The average Bonchev–Trinajstić information content (AvgIpc) is 3.26. The Labute approximate surface area is 147 Å². The molecule has 1 aliphatic heterocycles. The summed E-state index contributed by atoms with van der Waals surface area (Å²) in [6.07, 6.45) is 3.48. The molecule has 0 N–H and O–H groups in total. The van der Waals surface area contributed by atoms with Crippen LogP contribution in [0.1, 0.15) is 26.3 Å². The zero-order valence-electron chi connectivity index (χ0n) is 13.4. The second-order valence-electron chi connectivity index (χ2n) is 5.80. The van der Waals surface area contributed by atoms with Gasteiger partial charge in [-0.15, -0.1) is 0 Å². The zero-order valence-corrected chi connectivity index (χ0v) is 13.4. The van der Waals surface area contributed by atoms with Crippen molar-refractivity contribution in [3.05, 3.63) is 87.7 Å². The number of benzene rings is 2. The van der Waals surface area contributed by atoms with E-state index in [9.17, 15) is 19.7 Å². The minimum Gasteiger partial charge on any atom is -0.270 e. The van der Waals surface area contributed by atoms with Crippen molar-refractivity contribution in [3.63, 3.8) is 0 Å². The molecule has 1 aromatic heterocycles. The van der Waals surface area contributed by atoms with Gasteiger partial charge in [-0.2, -0.15) is 5.10 Å². The van der Waals surface area contributed by atoms with Gasteiger partial charge < -0.3 is 0 Å². The monoisotopic (exact) mass is 348 g/mol. The highest BCUT2D eigenvalue weighted by molar-refractivity contribution is 6.21. The van der Waals surface area contributed by atoms with Gasteiger partial charge in [-0.3, -0.25) is 24.6 Å². The third-order valence-electron chi connectivity index (χ3n) is 4.21. The first-order chi connectivity index (χ1) is 12.5. The summed E-state index contributed by atoms with van der Waals surface area (Å²) in [7, 11) is 0. The molecule has 0 atom stereocenters. The van der Waals surface area contributed by atoms with Crippen LogP contribution < -0.4 is 0 Å². The molecule has 0 unspecified atom stereocenters. The minimum absolute atomic E-state index is 0.0670. The number of carbonyl (C=O) groups is 2. The third-order valence-corrected chi connectivity index (χ3v) is 4.21. The number of nitrogens with zero attached hydrogens (tertiary/aromatic N) is 4. The van der Waals surface area contributed by atoms with Crippen LogP contribution in [0.5, 0.6) is 0 Å². The number of nitro groups is 1. The summed E-state index contributed by atoms with van der Waals surface area (Å²) < 4.78 is 1.70. The number of amides is 2. The van der Waals surface area contributed by atoms with Gasteiger partial charge in [0.2, 0.25) is 0 Å². The summed E-state index contributed by atoms with van der Waals surface area (Å²) in [6, 6.07) is 12.8. The molecule has 2 amide bonds. The van der Waals surface area contributed by atoms with Crippen molar-refractivity contribution in [2.75, 3.05) is 0 Å². The van der Waals surface area contributed by atoms with Crippen LogP contribution in [0.25, 0.3) is 5.69 Å². The lowest BCUT2D eigenvalue weighted by Gasteiger charge is -2.14. The molecule has 0 saturated carbocycles. The number of non-ortho nitro benzene ring substituents is 1. The molecule has 0 bridgehead atoms. The van der Waals surface area contributed by atoms with E-state index in [1.54, 1.807) is 10.9 Å². The Bertz CT molecular complexity index is 1030. The van der Waals surface area contributed by atoms with E-state index in [1.165, 1.54) is 12.1 Å². The van der Waals surface area contributed by atoms with Gasteiger partial charge in [-0.1, -0.05) is 12.1 Å². The molecule has 2 aromatic carbocycles. The van der Waals surface area contributed by atoms with Gasteiger partial charge in [-0.25, -0.2) is 4.68 Å². The van der Waals surface area contributed by atoms with E-state index in [-0.39, 0.29) is 23.4 Å². The lowest BCUT2D eigenvalue weighted by atomic mass is 10.1. The van der Waals surface area contributed by atoms with Crippen LogP contribution in [-0.4, -0.2) is 31.4 Å². The Morgan fingerprint density at radius 3 is 2.38 bits per heavy atom. The predicted octanol–water partition coefficient (Wildman–Crippen LogP) is 2.58. The summed E-state index contributed by atoms with van der Waals surface area (Å²) in [6.45, 7) is 0.0968. The zero-order chi connectivity index (χ0) is 18.3. The Hall–Kier alpha value is -3.81. The first-order valence-electron chi connectivity index (χ1n) is 7.78. The summed E-state index contributed by atoms with van der Waals surface area (Å²) in [4.78, 5) is 36.4. The number of nitro benzene ring substituents is 1. The Kier molecular flexibility index (Phi) is 3.58. The molecule has 8 heteroatoms. The summed E-state index contributed by atoms with van der Waals surface area (Å²) in [5.74, 6) is -0.971. The topological polar surface area (TPSA) is 98.3 Å². The number of hydrogen-bond acceptors (Lipinski definition) is 5. The average molecular weight is 348 g/mol. The SMILES string of the molecule is O=C1c2ccc([N+](=O)[O-])cc2C(=O)N1Cc1ccc(-n2cccn2)cc1. The van der Waals surface area contributed by atoms with Gasteiger partial charge in [-0.05, 0) is 29.8 Å². The molecule has 4 rings (SSSR count). The number of aromatic nitrogens is 2. The van der Waals surface area contributed by atoms with Crippen LogP contribution >= 0.6 is 0 Å². The van der Waals surface area contributed by atoms with E-state index < -0.39 is 16.7 Å². The minimum atomic E-state index is -0.589. The maximum atomic E-state index is 12.5. The van der Waals surface area contributed by atoms with Crippen molar-refractivity contribution in [1.82, 2.24) is 14.7 Å². The van der Waals surface area contributed by atoms with Crippen molar-refractivity contribution >= 4 is 17.5 Å². The second-order valence-corrected chi connectivity index (χ2v) is 5.80. The number of rotatable bonds is 4. The molecule has 0 fully saturated rings. The summed E-state index contributed by atoms with van der Waals surface area (Å²) in [5.41, 5.74) is 1.67. The van der Waals surface area contributed by atoms with E-state index in [2.05, 4.69) is 5.10 Å². The Balaban J connectivity index is 1.58. The first kappa shape index (κ1) is 15.7. The van der Waals surface area contributed by atoms with E-state index in [0.717, 1.165) is 22.2 Å². The fourth-order valence-corrected chi connectivity index (χ4v) is 2.89. The van der Waals surface area contributed by atoms with Gasteiger partial charge in [0.15, 0.2) is 0 Å². The quantitative estimate of drug-likeness (QED) is 0.410. The Morgan fingerprint density at radius 2 is 1.73 bits per heavy atom. The van der Waals surface area contributed by atoms with Gasteiger partial charge in [0.1, 0.15) is 0 Å². The van der Waals surface area contributed by atoms with E-state index >= 15 is 0 Å². The molecule has 3 aromatic rings. The van der Waals surface area contributed by atoms with Gasteiger partial charge in [0, 0.05) is 24.5 Å². The van der Waals surface area contributed by atoms with E-state index in [1.807, 2.05) is 36.5 Å². The van der Waals surface area contributed by atoms with Crippen molar-refractivity contribution in [3.8, 4) is 5.69 Å². The largest absolute Gasteiger partial charge is 0.270 e. The maximum Gasteiger partial charge on any atom is 0.270 e. The molecule has 2 heterocycles. The highest BCUT2D eigenvalue weighted by atomic mass is 16.6. The molecular formula is C18H12N4O4. The molecule has 0 spiro atoms. The summed E-state index contributed by atoms with van der Waals surface area (Å²) >= 11 is 0. The highest BCUT2D eigenvalue weighted by Crippen LogP contribution is 2.28. The van der Waals surface area contributed by atoms with Gasteiger partial charge in [0.05, 0.1) is 28.3 Å². The number of hydrogen-bond donors (Lipinski definition) is 0. The van der Waals surface area contributed by atoms with Crippen molar-refractivity contribution < 1.29 is 14.5 Å². The highest BCUT2D eigenvalue weighted by Gasteiger charge is 2.36. The van der Waals surface area contributed by atoms with Gasteiger partial charge in [0.25, 0.3) is 17.5 Å². The number of imide groups is 1. The lowest BCUT2D eigenvalue weighted by Crippen LogP contribution is -2.29. The molecule has 26 heavy (non-hydrogen) atoms. The van der Waals surface area contributed by atoms with Crippen LogP contribution in [0.4, 0.5) is 5.69 Å². The molecule has 0 radical (unpaired) electrons.